The summed E-state index contributed by atoms with van der Waals surface area (Å²) < 4.78 is 18.6. The summed E-state index contributed by atoms with van der Waals surface area (Å²) in [5, 5.41) is 12.3. The molecule has 0 aliphatic carbocycles. The summed E-state index contributed by atoms with van der Waals surface area (Å²) in [6.45, 7) is 4.96. The normalized spacial score (nSPS) is 13.7. The monoisotopic (exact) mass is 250 g/mol. The zero-order valence-electron chi connectivity index (χ0n) is 10.9. The van der Waals surface area contributed by atoms with Gasteiger partial charge in [-0.2, -0.15) is 5.26 Å². The first-order valence-electron chi connectivity index (χ1n) is 6.15. The van der Waals surface area contributed by atoms with Crippen LogP contribution in [0.2, 0.25) is 0 Å². The van der Waals surface area contributed by atoms with Crippen molar-refractivity contribution >= 4 is 0 Å². The standard InChI is InChI=1S/C14H19FN2O/c1-3-9-17-14(2,11-16)8-10-18-13-7-5-4-6-12(13)15/h4-7,17H,3,8-10H2,1-2H3. The zero-order valence-corrected chi connectivity index (χ0v) is 10.9. The summed E-state index contributed by atoms with van der Waals surface area (Å²) in [5.41, 5.74) is -0.624. The maximum Gasteiger partial charge on any atom is 0.165 e. The molecule has 1 aromatic rings. The third kappa shape index (κ3) is 4.34. The van der Waals surface area contributed by atoms with Crippen molar-refractivity contribution in [3.63, 3.8) is 0 Å². The van der Waals surface area contributed by atoms with E-state index in [0.29, 0.717) is 13.0 Å². The molecule has 0 saturated carbocycles. The van der Waals surface area contributed by atoms with Crippen LogP contribution in [-0.4, -0.2) is 18.7 Å². The van der Waals surface area contributed by atoms with Crippen LogP contribution in [0.4, 0.5) is 4.39 Å². The Labute approximate surface area is 108 Å². The summed E-state index contributed by atoms with van der Waals surface area (Å²) in [4.78, 5) is 0. The number of para-hydroxylation sites is 1. The Bertz CT molecular complexity index is 417. The van der Waals surface area contributed by atoms with E-state index in [1.54, 1.807) is 18.2 Å². The second-order valence-electron chi connectivity index (χ2n) is 4.40. The van der Waals surface area contributed by atoms with Crippen molar-refractivity contribution in [1.82, 2.24) is 5.32 Å². The summed E-state index contributed by atoms with van der Waals surface area (Å²) in [5.74, 6) is -0.147. The molecule has 0 aliphatic rings. The lowest BCUT2D eigenvalue weighted by atomic mass is 10.0. The lowest BCUT2D eigenvalue weighted by molar-refractivity contribution is 0.257. The van der Waals surface area contributed by atoms with Crippen molar-refractivity contribution in [2.45, 2.75) is 32.2 Å². The van der Waals surface area contributed by atoms with Gasteiger partial charge in [-0.1, -0.05) is 19.1 Å². The molecule has 0 aliphatic heterocycles. The van der Waals surface area contributed by atoms with E-state index >= 15 is 0 Å². The number of nitrogens with one attached hydrogen (secondary N) is 1. The molecule has 18 heavy (non-hydrogen) atoms. The predicted molar refractivity (Wildman–Crippen MR) is 68.8 cm³/mol. The Kier molecular flexibility index (Phi) is 5.60. The third-order valence-corrected chi connectivity index (χ3v) is 2.71. The highest BCUT2D eigenvalue weighted by Gasteiger charge is 2.22. The number of ether oxygens (including phenoxy) is 1. The number of nitrogens with zero attached hydrogens (tertiary/aromatic N) is 1. The van der Waals surface area contributed by atoms with Gasteiger partial charge in [0.15, 0.2) is 11.6 Å². The Hall–Kier alpha value is -1.60. The summed E-state index contributed by atoms with van der Waals surface area (Å²) in [7, 11) is 0. The topological polar surface area (TPSA) is 45.0 Å². The van der Waals surface area contributed by atoms with Gasteiger partial charge in [0.25, 0.3) is 0 Å². The third-order valence-electron chi connectivity index (χ3n) is 2.71. The highest BCUT2D eigenvalue weighted by molar-refractivity contribution is 5.23. The molecule has 4 heteroatoms. The highest BCUT2D eigenvalue weighted by atomic mass is 19.1. The molecule has 1 rings (SSSR count). The summed E-state index contributed by atoms with van der Waals surface area (Å²) in [6.07, 6.45) is 1.48. The second kappa shape index (κ2) is 6.97. The fourth-order valence-electron chi connectivity index (χ4n) is 1.51. The number of hydrogen-bond donors (Lipinski definition) is 1. The van der Waals surface area contributed by atoms with Crippen LogP contribution in [0.15, 0.2) is 24.3 Å². The predicted octanol–water partition coefficient (Wildman–Crippen LogP) is 2.88. The Morgan fingerprint density at radius 3 is 2.78 bits per heavy atom. The first-order chi connectivity index (χ1) is 8.61. The van der Waals surface area contributed by atoms with Crippen LogP contribution in [-0.2, 0) is 0 Å². The highest BCUT2D eigenvalue weighted by Crippen LogP contribution is 2.17. The Morgan fingerprint density at radius 1 is 1.44 bits per heavy atom. The van der Waals surface area contributed by atoms with E-state index in [1.807, 2.05) is 13.8 Å². The van der Waals surface area contributed by atoms with E-state index in [0.717, 1.165) is 13.0 Å². The number of nitriles is 1. The number of rotatable bonds is 7. The Morgan fingerprint density at radius 2 is 2.17 bits per heavy atom. The molecule has 0 heterocycles. The Balaban J connectivity index is 2.45. The van der Waals surface area contributed by atoms with Gasteiger partial charge in [-0.3, -0.25) is 5.32 Å². The van der Waals surface area contributed by atoms with Crippen molar-refractivity contribution in [1.29, 1.82) is 5.26 Å². The minimum atomic E-state index is -0.624. The van der Waals surface area contributed by atoms with Crippen LogP contribution in [0.25, 0.3) is 0 Å². The van der Waals surface area contributed by atoms with E-state index in [1.165, 1.54) is 6.07 Å². The molecule has 0 aromatic heterocycles. The molecule has 1 aromatic carbocycles. The van der Waals surface area contributed by atoms with Gasteiger partial charge in [-0.05, 0) is 32.0 Å². The molecule has 1 atom stereocenters. The van der Waals surface area contributed by atoms with Gasteiger partial charge in [0.05, 0.1) is 12.7 Å². The van der Waals surface area contributed by atoms with Crippen molar-refractivity contribution < 1.29 is 9.13 Å². The summed E-state index contributed by atoms with van der Waals surface area (Å²) >= 11 is 0. The van der Waals surface area contributed by atoms with E-state index in [9.17, 15) is 4.39 Å². The molecular formula is C14H19FN2O. The van der Waals surface area contributed by atoms with Crippen LogP contribution in [0.5, 0.6) is 5.75 Å². The molecule has 0 radical (unpaired) electrons. The van der Waals surface area contributed by atoms with Gasteiger partial charge in [0.2, 0.25) is 0 Å². The van der Waals surface area contributed by atoms with E-state index in [-0.39, 0.29) is 11.6 Å². The molecule has 0 fully saturated rings. The first kappa shape index (κ1) is 14.5. The van der Waals surface area contributed by atoms with Crippen molar-refractivity contribution in [3.8, 4) is 11.8 Å². The fraction of sp³-hybridized carbons (Fsp3) is 0.500. The van der Waals surface area contributed by atoms with Crippen LogP contribution in [0.3, 0.4) is 0 Å². The van der Waals surface area contributed by atoms with E-state index < -0.39 is 5.54 Å². The minimum absolute atomic E-state index is 0.230. The van der Waals surface area contributed by atoms with Crippen LogP contribution >= 0.6 is 0 Å². The lowest BCUT2D eigenvalue weighted by Crippen LogP contribution is -2.42. The van der Waals surface area contributed by atoms with Crippen LogP contribution < -0.4 is 10.1 Å². The molecule has 0 amide bonds. The van der Waals surface area contributed by atoms with Crippen molar-refractivity contribution in [3.05, 3.63) is 30.1 Å². The van der Waals surface area contributed by atoms with E-state index in [4.69, 9.17) is 10.00 Å². The lowest BCUT2D eigenvalue weighted by Gasteiger charge is -2.23. The van der Waals surface area contributed by atoms with Gasteiger partial charge in [-0.25, -0.2) is 4.39 Å². The maximum atomic E-state index is 13.3. The number of halogens is 1. The fourth-order valence-corrected chi connectivity index (χ4v) is 1.51. The summed E-state index contributed by atoms with van der Waals surface area (Å²) in [6, 6.07) is 8.50. The maximum absolute atomic E-state index is 13.3. The molecule has 1 unspecified atom stereocenters. The van der Waals surface area contributed by atoms with Crippen molar-refractivity contribution in [2.75, 3.05) is 13.2 Å². The van der Waals surface area contributed by atoms with E-state index in [2.05, 4.69) is 11.4 Å². The zero-order chi connectivity index (χ0) is 13.4. The average molecular weight is 250 g/mol. The SMILES string of the molecule is CCCNC(C)(C#N)CCOc1ccccc1F. The van der Waals surface area contributed by atoms with Crippen molar-refractivity contribution in [2.24, 2.45) is 0 Å². The quantitative estimate of drug-likeness (QED) is 0.809. The number of benzene rings is 1. The van der Waals surface area contributed by atoms with Gasteiger partial charge >= 0.3 is 0 Å². The molecule has 1 N–H and O–H groups in total. The molecular weight excluding hydrogens is 231 g/mol. The molecule has 3 nitrogen and oxygen atoms in total. The number of hydrogen-bond acceptors (Lipinski definition) is 3. The van der Waals surface area contributed by atoms with Gasteiger partial charge in [-0.15, -0.1) is 0 Å². The molecule has 98 valence electrons. The largest absolute Gasteiger partial charge is 0.490 e. The molecule has 0 spiro atoms. The first-order valence-corrected chi connectivity index (χ1v) is 6.15. The molecule has 0 bridgehead atoms. The minimum Gasteiger partial charge on any atom is -0.490 e. The van der Waals surface area contributed by atoms with Gasteiger partial charge in [0, 0.05) is 6.42 Å². The van der Waals surface area contributed by atoms with Gasteiger partial charge < -0.3 is 4.74 Å². The average Bonchev–Trinajstić information content (AvgIpc) is 2.39. The smallest absolute Gasteiger partial charge is 0.165 e. The molecule has 0 saturated heterocycles. The second-order valence-corrected chi connectivity index (χ2v) is 4.40. The van der Waals surface area contributed by atoms with Crippen LogP contribution in [0, 0.1) is 17.1 Å². The van der Waals surface area contributed by atoms with Gasteiger partial charge in [0.1, 0.15) is 5.54 Å². The van der Waals surface area contributed by atoms with Crippen LogP contribution in [0.1, 0.15) is 26.7 Å².